The average molecular weight is 378 g/mol. The van der Waals surface area contributed by atoms with Crippen LogP contribution in [0, 0.1) is 12.8 Å². The molecule has 2 unspecified atom stereocenters. The standard InChI is InChI=1S/C24H27NO3/c1-6-14(3)8-9-15(4)18-10-16(5)22(17(7-2)11-18)23-20(26)12-19(24(23)28)13-21(25)27/h6-11,19,23H,1-2,12-13H2,3-5H3,(H2,25,27)/p+1/b14-8-,15-9+. The Bertz CT molecular complexity index is 918. The SMILES string of the molecule is C=C/C(C)=C\C=C(/C)c1cc(C)c(C2C(=O)CC(CC([NH3+])=O)C2=O)c(C=C)c1. The first-order valence-corrected chi connectivity index (χ1v) is 9.35. The van der Waals surface area contributed by atoms with Gasteiger partial charge in [0, 0.05) is 12.3 Å². The van der Waals surface area contributed by atoms with Gasteiger partial charge in [0.05, 0.1) is 6.42 Å². The maximum atomic E-state index is 12.8. The van der Waals surface area contributed by atoms with E-state index in [9.17, 15) is 14.4 Å². The molecule has 3 N–H and O–H groups in total. The third kappa shape index (κ3) is 4.52. The number of aryl methyl sites for hydroxylation is 1. The fourth-order valence-electron chi connectivity index (χ4n) is 3.64. The zero-order valence-electron chi connectivity index (χ0n) is 16.9. The van der Waals surface area contributed by atoms with Crippen molar-refractivity contribution < 1.29 is 20.1 Å². The zero-order valence-corrected chi connectivity index (χ0v) is 16.9. The number of amides is 1. The molecule has 1 aromatic carbocycles. The van der Waals surface area contributed by atoms with Gasteiger partial charge in [-0.2, -0.15) is 0 Å². The predicted molar refractivity (Wildman–Crippen MR) is 112 cm³/mol. The number of hydrogen-bond acceptors (Lipinski definition) is 3. The molecule has 0 aliphatic heterocycles. The van der Waals surface area contributed by atoms with Crippen molar-refractivity contribution in [3.05, 3.63) is 71.3 Å². The Morgan fingerprint density at radius 3 is 2.46 bits per heavy atom. The van der Waals surface area contributed by atoms with E-state index >= 15 is 0 Å². The lowest BCUT2D eigenvalue weighted by Crippen LogP contribution is -2.57. The molecule has 0 saturated heterocycles. The van der Waals surface area contributed by atoms with Gasteiger partial charge in [0.15, 0.2) is 5.78 Å². The van der Waals surface area contributed by atoms with Crippen LogP contribution in [-0.2, 0) is 14.4 Å². The van der Waals surface area contributed by atoms with Gasteiger partial charge in [-0.05, 0) is 54.7 Å². The van der Waals surface area contributed by atoms with Crippen LogP contribution in [0.1, 0.15) is 54.9 Å². The van der Waals surface area contributed by atoms with Gasteiger partial charge in [-0.15, -0.1) is 0 Å². The molecule has 146 valence electrons. The van der Waals surface area contributed by atoms with Crippen LogP contribution in [0.4, 0.5) is 0 Å². The van der Waals surface area contributed by atoms with Crippen molar-refractivity contribution >= 4 is 29.1 Å². The Hall–Kier alpha value is -2.85. The molecule has 4 nitrogen and oxygen atoms in total. The summed E-state index contributed by atoms with van der Waals surface area (Å²) in [5.74, 6) is -2.01. The first-order chi connectivity index (χ1) is 13.2. The Labute approximate surface area is 166 Å². The Morgan fingerprint density at radius 2 is 1.89 bits per heavy atom. The topological polar surface area (TPSA) is 78.8 Å². The van der Waals surface area contributed by atoms with Crippen LogP contribution in [0.2, 0.25) is 0 Å². The minimum atomic E-state index is -0.821. The van der Waals surface area contributed by atoms with E-state index in [0.29, 0.717) is 5.56 Å². The van der Waals surface area contributed by atoms with Crippen LogP contribution in [0.15, 0.2) is 49.1 Å². The van der Waals surface area contributed by atoms with Crippen LogP contribution in [0.25, 0.3) is 11.6 Å². The molecule has 1 saturated carbocycles. The molecule has 28 heavy (non-hydrogen) atoms. The lowest BCUT2D eigenvalue weighted by molar-refractivity contribution is -0.306. The monoisotopic (exact) mass is 378 g/mol. The second-order valence-electron chi connectivity index (χ2n) is 7.41. The van der Waals surface area contributed by atoms with Gasteiger partial charge in [0.2, 0.25) is 0 Å². The van der Waals surface area contributed by atoms with E-state index in [2.05, 4.69) is 18.9 Å². The summed E-state index contributed by atoms with van der Waals surface area (Å²) < 4.78 is 0. The summed E-state index contributed by atoms with van der Waals surface area (Å²) in [6.07, 6.45) is 7.61. The van der Waals surface area contributed by atoms with E-state index in [-0.39, 0.29) is 30.3 Å². The highest BCUT2D eigenvalue weighted by Gasteiger charge is 2.44. The van der Waals surface area contributed by atoms with Crippen molar-refractivity contribution in [2.45, 2.75) is 39.5 Å². The smallest absolute Gasteiger partial charge is 0.298 e. The van der Waals surface area contributed by atoms with Gasteiger partial charge in [0.1, 0.15) is 11.7 Å². The number of hydrogen-bond donors (Lipinski definition) is 1. The number of rotatable bonds is 7. The van der Waals surface area contributed by atoms with Crippen LogP contribution in [0.3, 0.4) is 0 Å². The molecule has 2 atom stereocenters. The molecule has 1 aromatic rings. The van der Waals surface area contributed by atoms with Crippen molar-refractivity contribution in [3.63, 3.8) is 0 Å². The summed E-state index contributed by atoms with van der Waals surface area (Å²) in [6, 6.07) is 3.95. The fourth-order valence-corrected chi connectivity index (χ4v) is 3.64. The van der Waals surface area contributed by atoms with Crippen LogP contribution >= 0.6 is 0 Å². The Morgan fingerprint density at radius 1 is 1.21 bits per heavy atom. The number of Topliss-reactive ketones (excluding diaryl/α,β-unsaturated/α-hetero) is 2. The minimum Gasteiger partial charge on any atom is -0.298 e. The van der Waals surface area contributed by atoms with E-state index in [0.717, 1.165) is 27.8 Å². The van der Waals surface area contributed by atoms with Gasteiger partial charge in [-0.1, -0.05) is 49.1 Å². The molecule has 0 spiro atoms. The molecule has 1 fully saturated rings. The summed E-state index contributed by atoms with van der Waals surface area (Å²) in [6.45, 7) is 13.5. The molecule has 2 rings (SSSR count). The Kier molecular flexibility index (Phi) is 6.81. The Balaban J connectivity index is 2.48. The predicted octanol–water partition coefficient (Wildman–Crippen LogP) is 3.57. The van der Waals surface area contributed by atoms with Crippen molar-refractivity contribution in [2.24, 2.45) is 5.92 Å². The first-order valence-electron chi connectivity index (χ1n) is 9.35. The minimum absolute atomic E-state index is 0.0263. The molecule has 0 heterocycles. The molecule has 0 radical (unpaired) electrons. The molecule has 0 aromatic heterocycles. The van der Waals surface area contributed by atoms with Crippen LogP contribution < -0.4 is 5.73 Å². The quantitative estimate of drug-likeness (QED) is 0.582. The highest BCUT2D eigenvalue weighted by Crippen LogP contribution is 2.38. The summed E-state index contributed by atoms with van der Waals surface area (Å²) in [5, 5.41) is 0. The maximum absolute atomic E-state index is 12.8. The summed E-state index contributed by atoms with van der Waals surface area (Å²) >= 11 is 0. The van der Waals surface area contributed by atoms with E-state index < -0.39 is 11.8 Å². The van der Waals surface area contributed by atoms with E-state index in [1.807, 2.05) is 45.1 Å². The van der Waals surface area contributed by atoms with Crippen molar-refractivity contribution in [2.75, 3.05) is 0 Å². The second-order valence-corrected chi connectivity index (χ2v) is 7.41. The fraction of sp³-hybridized carbons (Fsp3) is 0.292. The lowest BCUT2D eigenvalue weighted by Gasteiger charge is -2.17. The number of benzene rings is 1. The van der Waals surface area contributed by atoms with Crippen LogP contribution in [-0.4, -0.2) is 17.5 Å². The molecule has 0 bridgehead atoms. The highest BCUT2D eigenvalue weighted by atomic mass is 16.2. The molecule has 1 aliphatic rings. The molecule has 1 aliphatic carbocycles. The normalized spacial score (nSPS) is 20.4. The first kappa shape index (κ1) is 21.5. The lowest BCUT2D eigenvalue weighted by atomic mass is 9.84. The molecule has 4 heteroatoms. The van der Waals surface area contributed by atoms with Gasteiger partial charge < -0.3 is 0 Å². The van der Waals surface area contributed by atoms with E-state index in [1.54, 1.807) is 12.2 Å². The molecular formula is C24H28NO3+. The number of allylic oxidation sites excluding steroid dienone is 5. The van der Waals surface area contributed by atoms with Crippen molar-refractivity contribution in [1.29, 1.82) is 0 Å². The van der Waals surface area contributed by atoms with Crippen LogP contribution in [0.5, 0.6) is 0 Å². The summed E-state index contributed by atoms with van der Waals surface area (Å²) in [4.78, 5) is 36.8. The molecule has 1 amide bonds. The third-order valence-corrected chi connectivity index (χ3v) is 5.23. The number of carbonyl (C=O) groups excluding carboxylic acids is 3. The number of ketones is 2. The van der Waals surface area contributed by atoms with Gasteiger partial charge >= 0.3 is 5.91 Å². The summed E-state index contributed by atoms with van der Waals surface area (Å²) in [5.41, 5.74) is 8.82. The van der Waals surface area contributed by atoms with E-state index in [1.165, 1.54) is 0 Å². The second kappa shape index (κ2) is 8.89. The average Bonchev–Trinajstić information content (AvgIpc) is 2.91. The largest absolute Gasteiger partial charge is 0.309 e. The summed E-state index contributed by atoms with van der Waals surface area (Å²) in [7, 11) is 0. The highest BCUT2D eigenvalue weighted by molar-refractivity contribution is 6.15. The van der Waals surface area contributed by atoms with Gasteiger partial charge in [-0.3, -0.25) is 15.3 Å². The molecular weight excluding hydrogens is 350 g/mol. The number of quaternary nitrogens is 1. The van der Waals surface area contributed by atoms with E-state index in [4.69, 9.17) is 0 Å². The van der Waals surface area contributed by atoms with Crippen molar-refractivity contribution in [1.82, 2.24) is 0 Å². The van der Waals surface area contributed by atoms with Crippen molar-refractivity contribution in [3.8, 4) is 0 Å². The van der Waals surface area contributed by atoms with Gasteiger partial charge in [0.25, 0.3) is 0 Å². The zero-order chi connectivity index (χ0) is 21.0. The third-order valence-electron chi connectivity index (χ3n) is 5.23. The maximum Gasteiger partial charge on any atom is 0.309 e. The number of carbonyl (C=O) groups is 3. The van der Waals surface area contributed by atoms with Gasteiger partial charge in [-0.25, -0.2) is 4.79 Å².